The maximum absolute atomic E-state index is 12.7. The van der Waals surface area contributed by atoms with Crippen molar-refractivity contribution in [3.8, 4) is 0 Å². The Balaban J connectivity index is 1.35. The highest BCUT2D eigenvalue weighted by molar-refractivity contribution is 5.97. The molecule has 1 aliphatic rings. The third-order valence-electron chi connectivity index (χ3n) is 5.95. The average molecular weight is 405 g/mol. The van der Waals surface area contributed by atoms with Crippen molar-refractivity contribution in [3.05, 3.63) is 75.2 Å². The van der Waals surface area contributed by atoms with Crippen LogP contribution >= 0.6 is 0 Å². The summed E-state index contributed by atoms with van der Waals surface area (Å²) in [6.45, 7) is 7.47. The number of aryl methyl sites for hydroxylation is 3. The predicted octanol–water partition coefficient (Wildman–Crippen LogP) is 2.80. The van der Waals surface area contributed by atoms with Crippen LogP contribution < -0.4 is 10.9 Å². The van der Waals surface area contributed by atoms with Crippen LogP contribution in [0.25, 0.3) is 11.0 Å². The van der Waals surface area contributed by atoms with Crippen LogP contribution in [-0.2, 0) is 13.6 Å². The third-order valence-corrected chi connectivity index (χ3v) is 5.95. The summed E-state index contributed by atoms with van der Waals surface area (Å²) in [4.78, 5) is 31.5. The maximum atomic E-state index is 12.7. The van der Waals surface area contributed by atoms with Gasteiger partial charge in [-0.1, -0.05) is 29.8 Å². The van der Waals surface area contributed by atoms with E-state index in [4.69, 9.17) is 0 Å². The minimum atomic E-state index is -0.115. The van der Waals surface area contributed by atoms with Crippen LogP contribution in [-0.4, -0.2) is 40.0 Å². The van der Waals surface area contributed by atoms with Crippen LogP contribution in [0.15, 0.2) is 47.3 Å². The number of benzene rings is 2. The number of aromatic nitrogens is 2. The first kappa shape index (κ1) is 20.3. The molecule has 6 nitrogen and oxygen atoms in total. The van der Waals surface area contributed by atoms with Gasteiger partial charge in [0, 0.05) is 32.2 Å². The lowest BCUT2D eigenvalue weighted by Gasteiger charge is -2.16. The van der Waals surface area contributed by atoms with Gasteiger partial charge in [-0.15, -0.1) is 0 Å². The van der Waals surface area contributed by atoms with E-state index in [0.29, 0.717) is 29.2 Å². The lowest BCUT2D eigenvalue weighted by molar-refractivity contribution is 0.0947. The molecule has 156 valence electrons. The van der Waals surface area contributed by atoms with Crippen molar-refractivity contribution in [3.63, 3.8) is 0 Å². The van der Waals surface area contributed by atoms with Gasteiger partial charge in [0.1, 0.15) is 5.69 Å². The van der Waals surface area contributed by atoms with Gasteiger partial charge in [0.05, 0.1) is 11.0 Å². The molecule has 1 amide bonds. The molecular weight excluding hydrogens is 376 g/mol. The van der Waals surface area contributed by atoms with Crippen LogP contribution in [0.4, 0.5) is 0 Å². The van der Waals surface area contributed by atoms with Crippen molar-refractivity contribution in [2.45, 2.75) is 26.8 Å². The highest BCUT2D eigenvalue weighted by Crippen LogP contribution is 2.19. The van der Waals surface area contributed by atoms with Crippen molar-refractivity contribution in [2.24, 2.45) is 13.0 Å². The molecule has 1 aromatic heterocycles. The van der Waals surface area contributed by atoms with Gasteiger partial charge in [-0.3, -0.25) is 14.5 Å². The van der Waals surface area contributed by atoms with Crippen LogP contribution in [0.2, 0.25) is 0 Å². The Bertz CT molecular complexity index is 1130. The molecule has 0 aliphatic carbocycles. The molecule has 1 saturated heterocycles. The second-order valence-electron chi connectivity index (χ2n) is 8.35. The Labute approximate surface area is 176 Å². The largest absolute Gasteiger partial charge is 0.352 e. The summed E-state index contributed by atoms with van der Waals surface area (Å²) in [5.74, 6) is 0.364. The number of likely N-dealkylation sites (tertiary alicyclic amines) is 1. The molecule has 1 aliphatic heterocycles. The van der Waals surface area contributed by atoms with Crippen LogP contribution in [0.5, 0.6) is 0 Å². The number of nitrogens with zero attached hydrogens (tertiary/aromatic N) is 3. The monoisotopic (exact) mass is 404 g/mol. The van der Waals surface area contributed by atoms with Crippen LogP contribution in [0, 0.1) is 19.8 Å². The predicted molar refractivity (Wildman–Crippen MR) is 119 cm³/mol. The smallest absolute Gasteiger partial charge is 0.272 e. The third kappa shape index (κ3) is 4.28. The fraction of sp³-hybridized carbons (Fsp3) is 0.375. The maximum Gasteiger partial charge on any atom is 0.272 e. The number of nitrogens with one attached hydrogen (secondary N) is 1. The SMILES string of the molecule is Cc1ccc(CN2CC[C@@H](CNC(=O)c3ccc4c(c3)nc(C)c(=O)n4C)C2)cc1. The summed E-state index contributed by atoms with van der Waals surface area (Å²) in [6.07, 6.45) is 1.09. The molecular formula is C24H28N4O2. The van der Waals surface area contributed by atoms with Crippen molar-refractivity contribution >= 4 is 16.9 Å². The molecule has 3 aromatic rings. The number of fused-ring (bicyclic) bond motifs is 1. The molecule has 0 radical (unpaired) electrons. The minimum absolute atomic E-state index is 0.0952. The highest BCUT2D eigenvalue weighted by atomic mass is 16.1. The number of amides is 1. The van der Waals surface area contributed by atoms with Gasteiger partial charge < -0.3 is 9.88 Å². The standard InChI is InChI=1S/C24H28N4O2/c1-16-4-6-18(7-5-16)14-28-11-10-19(15-28)13-25-23(29)20-8-9-22-21(12-20)26-17(2)24(30)27(22)3/h4-9,12,19H,10-11,13-15H2,1-3H3,(H,25,29)/t19-/m0/s1. The summed E-state index contributed by atoms with van der Waals surface area (Å²) in [5, 5.41) is 3.08. The summed E-state index contributed by atoms with van der Waals surface area (Å²) in [5.41, 5.74) is 4.89. The number of carbonyl (C=O) groups is 1. The molecule has 0 saturated carbocycles. The summed E-state index contributed by atoms with van der Waals surface area (Å²) >= 11 is 0. The topological polar surface area (TPSA) is 67.2 Å². The summed E-state index contributed by atoms with van der Waals surface area (Å²) in [7, 11) is 1.72. The van der Waals surface area contributed by atoms with Gasteiger partial charge in [-0.2, -0.15) is 0 Å². The molecule has 1 N–H and O–H groups in total. The Morgan fingerprint density at radius 1 is 1.17 bits per heavy atom. The van der Waals surface area contributed by atoms with E-state index >= 15 is 0 Å². The van der Waals surface area contributed by atoms with E-state index in [1.165, 1.54) is 11.1 Å². The van der Waals surface area contributed by atoms with Crippen LogP contribution in [0.1, 0.15) is 33.6 Å². The molecule has 0 unspecified atom stereocenters. The van der Waals surface area contributed by atoms with Crippen molar-refractivity contribution in [2.75, 3.05) is 19.6 Å². The number of rotatable bonds is 5. The van der Waals surface area contributed by atoms with E-state index < -0.39 is 0 Å². The first-order valence-electron chi connectivity index (χ1n) is 10.4. The molecule has 4 rings (SSSR count). The van der Waals surface area contributed by atoms with E-state index in [-0.39, 0.29) is 11.5 Å². The zero-order chi connectivity index (χ0) is 21.3. The first-order chi connectivity index (χ1) is 14.4. The molecule has 2 heterocycles. The van der Waals surface area contributed by atoms with E-state index in [1.54, 1.807) is 36.7 Å². The van der Waals surface area contributed by atoms with E-state index in [9.17, 15) is 9.59 Å². The minimum Gasteiger partial charge on any atom is -0.352 e. The molecule has 1 atom stereocenters. The van der Waals surface area contributed by atoms with Gasteiger partial charge in [-0.05, 0) is 56.5 Å². The molecule has 30 heavy (non-hydrogen) atoms. The van der Waals surface area contributed by atoms with E-state index in [0.717, 1.165) is 31.6 Å². The normalized spacial score (nSPS) is 16.8. The van der Waals surface area contributed by atoms with Gasteiger partial charge in [-0.25, -0.2) is 4.98 Å². The zero-order valence-corrected chi connectivity index (χ0v) is 17.8. The molecule has 0 bridgehead atoms. The molecule has 6 heteroatoms. The molecule has 0 spiro atoms. The second-order valence-corrected chi connectivity index (χ2v) is 8.35. The van der Waals surface area contributed by atoms with Gasteiger partial charge in [0.2, 0.25) is 0 Å². The lowest BCUT2D eigenvalue weighted by Crippen LogP contribution is -2.31. The van der Waals surface area contributed by atoms with E-state index in [2.05, 4.69) is 46.4 Å². The summed E-state index contributed by atoms with van der Waals surface area (Å²) < 4.78 is 1.57. The van der Waals surface area contributed by atoms with Crippen molar-refractivity contribution in [1.82, 2.24) is 19.8 Å². The molecule has 2 aromatic carbocycles. The quantitative estimate of drug-likeness (QED) is 0.710. The average Bonchev–Trinajstić information content (AvgIpc) is 3.19. The van der Waals surface area contributed by atoms with Gasteiger partial charge in [0.25, 0.3) is 11.5 Å². The number of hydrogen-bond donors (Lipinski definition) is 1. The van der Waals surface area contributed by atoms with E-state index in [1.807, 2.05) is 0 Å². The van der Waals surface area contributed by atoms with Crippen molar-refractivity contribution in [1.29, 1.82) is 0 Å². The molecule has 1 fully saturated rings. The van der Waals surface area contributed by atoms with Crippen LogP contribution in [0.3, 0.4) is 0 Å². The second kappa shape index (κ2) is 8.40. The summed E-state index contributed by atoms with van der Waals surface area (Å²) in [6, 6.07) is 14.0. The Hall–Kier alpha value is -2.99. The Morgan fingerprint density at radius 3 is 2.70 bits per heavy atom. The fourth-order valence-electron chi connectivity index (χ4n) is 4.13. The fourth-order valence-corrected chi connectivity index (χ4v) is 4.13. The van der Waals surface area contributed by atoms with Gasteiger partial charge >= 0.3 is 0 Å². The number of hydrogen-bond acceptors (Lipinski definition) is 4. The van der Waals surface area contributed by atoms with Crippen molar-refractivity contribution < 1.29 is 4.79 Å². The van der Waals surface area contributed by atoms with Gasteiger partial charge in [0.15, 0.2) is 0 Å². The number of carbonyl (C=O) groups excluding carboxylic acids is 1. The first-order valence-corrected chi connectivity index (χ1v) is 10.4. The Kier molecular flexibility index (Phi) is 5.68. The lowest BCUT2D eigenvalue weighted by atomic mass is 10.1. The zero-order valence-electron chi connectivity index (χ0n) is 17.8. The highest BCUT2D eigenvalue weighted by Gasteiger charge is 2.23. The Morgan fingerprint density at radius 2 is 1.93 bits per heavy atom.